The predicted molar refractivity (Wildman–Crippen MR) is 482 cm³/mol. The molecule has 115 heavy (non-hydrogen) atoms. The summed E-state index contributed by atoms with van der Waals surface area (Å²) in [4.78, 5) is 58.9. The summed E-state index contributed by atoms with van der Waals surface area (Å²) in [6.45, 7) is 2.35. The van der Waals surface area contributed by atoms with E-state index in [2.05, 4.69) is 191 Å². The van der Waals surface area contributed by atoms with Crippen LogP contribution in [0.5, 0.6) is 0 Å². The van der Waals surface area contributed by atoms with Crippen LogP contribution in [0.2, 0.25) is 0 Å². The van der Waals surface area contributed by atoms with Crippen molar-refractivity contribution in [1.82, 2.24) is 0 Å². The van der Waals surface area contributed by atoms with Crippen molar-refractivity contribution >= 4 is 33.6 Å². The van der Waals surface area contributed by atoms with Crippen molar-refractivity contribution in [3.63, 3.8) is 0 Å². The van der Waals surface area contributed by atoms with Gasteiger partial charge in [0.05, 0.1) is 26.4 Å². The van der Waals surface area contributed by atoms with Crippen LogP contribution >= 0.6 is 15.6 Å². The first kappa shape index (κ1) is 110. The molecule has 0 aromatic carbocycles. The van der Waals surface area contributed by atoms with E-state index in [1.54, 1.807) is 0 Å². The van der Waals surface area contributed by atoms with Gasteiger partial charge in [0.2, 0.25) is 0 Å². The largest absolute Gasteiger partial charge is 0.472 e. The molecule has 0 aromatic heterocycles. The number of carbonyl (C=O) groups excluding carboxylic acids is 3. The first-order chi connectivity index (χ1) is 56.2. The van der Waals surface area contributed by atoms with Gasteiger partial charge in [-0.25, -0.2) is 9.13 Å². The smallest absolute Gasteiger partial charge is 0.463 e. The Kier molecular flexibility index (Phi) is 84.3. The molecule has 0 amide bonds. The molecule has 18 heteroatoms. The second-order valence-electron chi connectivity index (χ2n) is 30.0. The molecule has 0 saturated carbocycles. The summed E-state index contributed by atoms with van der Waals surface area (Å²) in [6, 6.07) is 0. The fraction of sp³-hybridized carbons (Fsp3) is 0.680. The Balaban J connectivity index is 4.44. The lowest BCUT2D eigenvalue weighted by atomic mass is 10.0. The molecule has 0 bridgehead atoms. The number of allylic oxidation sites excluding steroid dienone is 28. The van der Waals surface area contributed by atoms with Crippen LogP contribution < -0.4 is 0 Å². The van der Waals surface area contributed by atoms with Crippen molar-refractivity contribution < 1.29 is 75.8 Å². The number of aliphatic hydroxyl groups is 2. The van der Waals surface area contributed by atoms with Gasteiger partial charge in [-0.3, -0.25) is 32.5 Å². The summed E-state index contributed by atoms with van der Waals surface area (Å²) >= 11 is 0. The van der Waals surface area contributed by atoms with E-state index in [9.17, 15) is 43.5 Å². The molecule has 5 unspecified atom stereocenters. The minimum atomic E-state index is -4.94. The Labute approximate surface area is 701 Å². The highest BCUT2D eigenvalue weighted by molar-refractivity contribution is 7.47. The van der Waals surface area contributed by atoms with Crippen molar-refractivity contribution in [3.05, 3.63) is 170 Å². The number of ether oxygens (including phenoxy) is 3. The minimum Gasteiger partial charge on any atom is -0.463 e. The van der Waals surface area contributed by atoms with Crippen LogP contribution in [0.15, 0.2) is 170 Å². The summed E-state index contributed by atoms with van der Waals surface area (Å²) in [7, 11) is -9.81. The average molecular weight is 1650 g/mol. The quantitative estimate of drug-likeness (QED) is 0.0146. The summed E-state index contributed by atoms with van der Waals surface area (Å²) in [5.74, 6) is -1.59. The number of carbonyl (C=O) groups is 3. The van der Waals surface area contributed by atoms with E-state index in [0.717, 1.165) is 173 Å². The van der Waals surface area contributed by atoms with Crippen molar-refractivity contribution in [1.29, 1.82) is 0 Å². The van der Waals surface area contributed by atoms with Gasteiger partial charge in [0.25, 0.3) is 0 Å². The maximum atomic E-state index is 13.0. The van der Waals surface area contributed by atoms with Crippen LogP contribution in [-0.2, 0) is 55.8 Å². The minimum absolute atomic E-state index is 0.0821. The molecular weight excluding hydrogens is 1480 g/mol. The zero-order valence-electron chi connectivity index (χ0n) is 72.4. The molecule has 16 nitrogen and oxygen atoms in total. The molecule has 0 aliphatic carbocycles. The van der Waals surface area contributed by atoms with Gasteiger partial charge in [-0.15, -0.1) is 0 Å². The Hall–Kier alpha value is -5.09. The number of phosphoric ester groups is 2. The van der Waals surface area contributed by atoms with Crippen LogP contribution in [0, 0.1) is 0 Å². The topological polar surface area (TPSA) is 231 Å². The first-order valence-corrected chi connectivity index (χ1v) is 48.4. The molecule has 0 aromatic rings. The zero-order valence-corrected chi connectivity index (χ0v) is 74.2. The fourth-order valence-corrected chi connectivity index (χ4v) is 13.7. The number of hydrogen-bond acceptors (Lipinski definition) is 14. The molecule has 0 spiro atoms. The Morgan fingerprint density at radius 2 is 0.435 bits per heavy atom. The van der Waals surface area contributed by atoms with E-state index in [4.69, 9.17) is 32.3 Å². The predicted octanol–water partition coefficient (Wildman–Crippen LogP) is 27.9. The van der Waals surface area contributed by atoms with E-state index in [0.29, 0.717) is 19.3 Å². The van der Waals surface area contributed by atoms with E-state index in [1.165, 1.54) is 135 Å². The average Bonchev–Trinajstić information content (AvgIpc) is 0.902. The fourth-order valence-electron chi connectivity index (χ4n) is 12.1. The van der Waals surface area contributed by atoms with Gasteiger partial charge in [-0.2, -0.15) is 0 Å². The van der Waals surface area contributed by atoms with Gasteiger partial charge < -0.3 is 34.2 Å². The highest BCUT2D eigenvalue weighted by atomic mass is 31.2. The summed E-state index contributed by atoms with van der Waals surface area (Å²) < 4.78 is 61.4. The maximum absolute atomic E-state index is 13.0. The highest BCUT2D eigenvalue weighted by Gasteiger charge is 2.29. The number of unbranched alkanes of at least 4 members (excludes halogenated alkanes) is 34. The molecule has 0 aliphatic heterocycles. The van der Waals surface area contributed by atoms with Gasteiger partial charge >= 0.3 is 33.6 Å². The van der Waals surface area contributed by atoms with Crippen molar-refractivity contribution in [2.75, 3.05) is 39.6 Å². The monoisotopic (exact) mass is 1650 g/mol. The molecule has 5 atom stereocenters. The third-order valence-corrected chi connectivity index (χ3v) is 20.8. The Bertz CT molecular complexity index is 2770. The van der Waals surface area contributed by atoms with Crippen LogP contribution in [-0.4, -0.2) is 95.9 Å². The van der Waals surface area contributed by atoms with Crippen molar-refractivity contribution in [3.8, 4) is 0 Å². The molecular formula is C97H164O16P2. The number of aliphatic hydroxyl groups excluding tert-OH is 2. The number of hydrogen-bond donors (Lipinski definition) is 4. The number of phosphoric acid groups is 2. The van der Waals surface area contributed by atoms with E-state index in [-0.39, 0.29) is 19.3 Å². The third kappa shape index (κ3) is 89.5. The van der Waals surface area contributed by atoms with Crippen molar-refractivity contribution in [2.24, 2.45) is 0 Å². The second-order valence-corrected chi connectivity index (χ2v) is 32.9. The van der Waals surface area contributed by atoms with Gasteiger partial charge in [-0.1, -0.05) is 371 Å². The van der Waals surface area contributed by atoms with Gasteiger partial charge in [-0.05, 0) is 148 Å². The van der Waals surface area contributed by atoms with Crippen molar-refractivity contribution in [2.45, 2.75) is 386 Å². The van der Waals surface area contributed by atoms with Crippen LogP contribution in [0.3, 0.4) is 0 Å². The Morgan fingerprint density at radius 3 is 0.687 bits per heavy atom. The normalized spacial score (nSPS) is 14.6. The summed E-state index contributed by atoms with van der Waals surface area (Å²) in [6.07, 6.45) is 114. The summed E-state index contributed by atoms with van der Waals surface area (Å²) in [5.41, 5.74) is 0. The molecule has 0 radical (unpaired) electrons. The molecule has 0 heterocycles. The van der Waals surface area contributed by atoms with E-state index >= 15 is 0 Å². The van der Waals surface area contributed by atoms with Gasteiger partial charge in [0, 0.05) is 19.3 Å². The second kappa shape index (κ2) is 88.2. The third-order valence-electron chi connectivity index (χ3n) is 18.9. The lowest BCUT2D eigenvalue weighted by Crippen LogP contribution is -2.30. The van der Waals surface area contributed by atoms with E-state index < -0.39 is 91.5 Å². The maximum Gasteiger partial charge on any atom is 0.472 e. The number of rotatable bonds is 85. The number of esters is 3. The molecule has 658 valence electrons. The van der Waals surface area contributed by atoms with Crippen LogP contribution in [0.1, 0.15) is 367 Å². The SMILES string of the molecule is CC/C=C\C/C=C\C/C=C\C/C=C\C/C=C\C/C=C\CCCCCCCCCCCCCCCCCCC(=O)OCC(O)COP(=O)(O)OCC(O)COP(=O)(O)OCC(COC(=O)CCCCCCCCCCCCCCC/C=C\C/C=C\C/C=C\C/C=C\C/C=C\CC)OC(=O)CCCCCCC/C=C\C/C=C\C/C=C\CC. The first-order valence-electron chi connectivity index (χ1n) is 45.4. The zero-order chi connectivity index (χ0) is 83.6. The molecule has 0 aliphatic rings. The molecule has 0 saturated heterocycles. The van der Waals surface area contributed by atoms with E-state index in [1.807, 2.05) is 0 Å². The molecule has 4 N–H and O–H groups in total. The van der Waals surface area contributed by atoms with Gasteiger partial charge in [0.1, 0.15) is 25.4 Å². The Morgan fingerprint density at radius 1 is 0.243 bits per heavy atom. The molecule has 0 fully saturated rings. The summed E-state index contributed by atoms with van der Waals surface area (Å²) in [5, 5.41) is 20.7. The lowest BCUT2D eigenvalue weighted by molar-refractivity contribution is -0.161. The lowest BCUT2D eigenvalue weighted by Gasteiger charge is -2.21. The van der Waals surface area contributed by atoms with Gasteiger partial charge in [0.15, 0.2) is 6.10 Å². The van der Waals surface area contributed by atoms with Crippen LogP contribution in [0.4, 0.5) is 0 Å². The standard InChI is InChI=1S/C97H164O16P2/c1-4-7-10-13-16-19-22-25-28-30-32-34-36-38-40-42-43-44-45-46-47-49-51-52-54-56-58-60-63-65-68-71-74-77-80-83-95(100)107-86-92(98)87-109-114(103,104)110-88-93(99)89-111-115(105,106)112-91-94(113-97(102)85-82-79-76-73-70-67-62-27-24-21-18-15-12-9-6-3)90-108-96(101)84-81-78-75-72-69-66-64-61-59-57-55-53-50-48-41-39-37-35-33-31-29-26-23-20-17-14-11-8-5-2/h7-12,16-21,25-29,32-35,38-41,43-44,62,92-94,98-99H,4-6,13-15,22-24,30-31,36-37,42,45-61,63-91H2,1-3H3,(H,103,104)(H,105,106)/b10-7-,11-8-,12-9-,19-16-,20-17-,21-18-,28-25-,29-26-,34-32-,35-33-,40-38-,41-39-,44-43-,62-27-. The molecule has 0 rings (SSSR count). The highest BCUT2D eigenvalue weighted by Crippen LogP contribution is 2.45. The van der Waals surface area contributed by atoms with Crippen LogP contribution in [0.25, 0.3) is 0 Å².